The third-order valence-electron chi connectivity index (χ3n) is 5.39. The summed E-state index contributed by atoms with van der Waals surface area (Å²) in [6.07, 6.45) is 4.99. The molecule has 3 heterocycles. The van der Waals surface area contributed by atoms with E-state index >= 15 is 0 Å². The first-order valence-corrected chi connectivity index (χ1v) is 12.3. The average molecular weight is 536 g/mol. The summed E-state index contributed by atoms with van der Waals surface area (Å²) in [5.41, 5.74) is 1.28. The van der Waals surface area contributed by atoms with Crippen molar-refractivity contribution in [3.05, 3.63) is 90.4 Å². The van der Waals surface area contributed by atoms with E-state index < -0.39 is 17.5 Å². The maximum Gasteiger partial charge on any atom is 0.230 e. The number of anilines is 1. The zero-order chi connectivity index (χ0) is 25.9. The summed E-state index contributed by atoms with van der Waals surface area (Å²) in [6.45, 7) is 0. The summed E-state index contributed by atoms with van der Waals surface area (Å²) in [7, 11) is 1.91. The van der Waals surface area contributed by atoms with Gasteiger partial charge in [-0.15, -0.1) is 11.3 Å². The lowest BCUT2D eigenvalue weighted by atomic mass is 10.1. The lowest BCUT2D eigenvalue weighted by Gasteiger charge is -2.12. The highest BCUT2D eigenvalue weighted by molar-refractivity contribution is 7.80. The number of imidazole rings is 1. The van der Waals surface area contributed by atoms with Gasteiger partial charge in [0.05, 0.1) is 21.5 Å². The quantitative estimate of drug-likeness (QED) is 0.267. The van der Waals surface area contributed by atoms with Gasteiger partial charge in [-0.2, -0.15) is 0 Å². The van der Waals surface area contributed by atoms with Crippen LogP contribution in [0.1, 0.15) is 5.56 Å². The molecule has 3 aromatic heterocycles. The van der Waals surface area contributed by atoms with Crippen LogP contribution >= 0.6 is 23.6 Å². The Kier molecular flexibility index (Phi) is 6.89. The smallest absolute Gasteiger partial charge is 0.230 e. The number of hydrogen-bond donors (Lipinski definition) is 2. The van der Waals surface area contributed by atoms with Gasteiger partial charge in [0.15, 0.2) is 16.7 Å². The standard InChI is InChI=1S/C26H19F2N5O2S2/c1-33-11-10-30-25(33)22-14-19-24(37-22)21(8-9-29-19)35-20-7-6-16(13-18(20)28)31-26(36)32-23(34)12-15-4-2-3-5-17(15)27/h2-11,13-14H,12H2,1H3,(H2,31,32,34,36). The van der Waals surface area contributed by atoms with Crippen LogP contribution in [0.4, 0.5) is 14.5 Å². The number of ether oxygens (including phenoxy) is 1. The maximum absolute atomic E-state index is 14.9. The molecule has 0 spiro atoms. The fraction of sp³-hybridized carbons (Fsp3) is 0.0769. The third kappa shape index (κ3) is 5.47. The van der Waals surface area contributed by atoms with E-state index in [9.17, 15) is 13.6 Å². The summed E-state index contributed by atoms with van der Waals surface area (Å²) in [5, 5.41) is 5.18. The van der Waals surface area contributed by atoms with E-state index in [-0.39, 0.29) is 22.8 Å². The molecule has 2 N–H and O–H groups in total. The van der Waals surface area contributed by atoms with Gasteiger partial charge in [0.2, 0.25) is 5.91 Å². The SMILES string of the molecule is Cn1ccnc1-c1cc2nccc(Oc3ccc(NC(=S)NC(=O)Cc4ccccc4F)cc3F)c2s1. The third-order valence-corrected chi connectivity index (χ3v) is 6.73. The molecule has 0 fully saturated rings. The Morgan fingerprint density at radius 2 is 1.89 bits per heavy atom. The van der Waals surface area contributed by atoms with Crippen molar-refractivity contribution in [3.8, 4) is 22.2 Å². The van der Waals surface area contributed by atoms with Crippen molar-refractivity contribution in [2.24, 2.45) is 7.05 Å². The van der Waals surface area contributed by atoms with Crippen molar-refractivity contribution in [1.82, 2.24) is 19.9 Å². The van der Waals surface area contributed by atoms with E-state index in [1.165, 1.54) is 35.6 Å². The highest BCUT2D eigenvalue weighted by Crippen LogP contribution is 2.39. The molecule has 5 aromatic rings. The molecule has 2 aromatic carbocycles. The molecule has 0 aliphatic rings. The number of halogens is 2. The molecule has 0 atom stereocenters. The molecule has 37 heavy (non-hydrogen) atoms. The Hall–Kier alpha value is -4.22. The van der Waals surface area contributed by atoms with Gasteiger partial charge in [-0.1, -0.05) is 18.2 Å². The van der Waals surface area contributed by atoms with Crippen molar-refractivity contribution in [2.75, 3.05) is 5.32 Å². The Labute approximate surface area is 219 Å². The number of carbonyl (C=O) groups excluding carboxylic acids is 1. The molecule has 0 saturated heterocycles. The number of nitrogens with zero attached hydrogens (tertiary/aromatic N) is 3. The van der Waals surface area contributed by atoms with Crippen LogP contribution in [0.25, 0.3) is 20.9 Å². The number of pyridine rings is 1. The van der Waals surface area contributed by atoms with E-state index in [1.54, 1.807) is 36.7 Å². The molecule has 7 nitrogen and oxygen atoms in total. The Morgan fingerprint density at radius 3 is 2.65 bits per heavy atom. The number of thiocarbonyl (C=S) groups is 1. The normalized spacial score (nSPS) is 10.9. The monoisotopic (exact) mass is 535 g/mol. The second-order valence-corrected chi connectivity index (χ2v) is 9.47. The fourth-order valence-electron chi connectivity index (χ4n) is 3.64. The van der Waals surface area contributed by atoms with Crippen LogP contribution in [0.5, 0.6) is 11.5 Å². The van der Waals surface area contributed by atoms with Crippen LogP contribution < -0.4 is 15.4 Å². The number of fused-ring (bicyclic) bond motifs is 1. The Bertz CT molecular complexity index is 1630. The Morgan fingerprint density at radius 1 is 1.05 bits per heavy atom. The number of thiophene rings is 1. The van der Waals surface area contributed by atoms with Crippen LogP contribution in [0.2, 0.25) is 0 Å². The van der Waals surface area contributed by atoms with Crippen LogP contribution in [-0.4, -0.2) is 25.6 Å². The summed E-state index contributed by atoms with van der Waals surface area (Å²) in [6, 6.07) is 13.8. The van der Waals surface area contributed by atoms with Gasteiger partial charge in [-0.25, -0.2) is 13.8 Å². The van der Waals surface area contributed by atoms with E-state index in [0.717, 1.165) is 20.9 Å². The second kappa shape index (κ2) is 10.4. The lowest BCUT2D eigenvalue weighted by Crippen LogP contribution is -2.35. The van der Waals surface area contributed by atoms with Crippen LogP contribution in [0.15, 0.2) is 73.2 Å². The minimum Gasteiger partial charge on any atom is -0.453 e. The van der Waals surface area contributed by atoms with Crippen molar-refractivity contribution < 1.29 is 18.3 Å². The lowest BCUT2D eigenvalue weighted by molar-refractivity contribution is -0.119. The minimum absolute atomic E-state index is 0.0134. The number of nitrogens with one attached hydrogen (secondary N) is 2. The van der Waals surface area contributed by atoms with Crippen molar-refractivity contribution in [1.29, 1.82) is 0 Å². The number of benzene rings is 2. The first kappa shape index (κ1) is 24.5. The molecule has 0 aliphatic carbocycles. The molecule has 1 amide bonds. The first-order valence-electron chi connectivity index (χ1n) is 11.1. The highest BCUT2D eigenvalue weighted by atomic mass is 32.1. The molecule has 0 aliphatic heterocycles. The first-order chi connectivity index (χ1) is 17.9. The number of rotatable bonds is 6. The summed E-state index contributed by atoms with van der Waals surface area (Å²) in [4.78, 5) is 21.9. The summed E-state index contributed by atoms with van der Waals surface area (Å²) in [5.74, 6) is -0.323. The number of aryl methyl sites for hydroxylation is 1. The number of aromatic nitrogens is 3. The predicted octanol–water partition coefficient (Wildman–Crippen LogP) is 5.82. The molecule has 0 saturated carbocycles. The zero-order valence-electron chi connectivity index (χ0n) is 19.4. The Balaban J connectivity index is 1.26. The molecular weight excluding hydrogens is 516 g/mol. The summed E-state index contributed by atoms with van der Waals surface area (Å²) < 4.78 is 37.2. The molecular formula is C26H19F2N5O2S2. The molecule has 11 heteroatoms. The molecule has 0 unspecified atom stereocenters. The van der Waals surface area contributed by atoms with Gasteiger partial charge in [0.25, 0.3) is 0 Å². The maximum atomic E-state index is 14.9. The number of carbonyl (C=O) groups is 1. The molecule has 0 radical (unpaired) electrons. The molecule has 5 rings (SSSR count). The number of hydrogen-bond acceptors (Lipinski definition) is 6. The molecule has 0 bridgehead atoms. The summed E-state index contributed by atoms with van der Waals surface area (Å²) >= 11 is 6.59. The zero-order valence-corrected chi connectivity index (χ0v) is 21.0. The van der Waals surface area contributed by atoms with Gasteiger partial charge in [0.1, 0.15) is 17.4 Å². The van der Waals surface area contributed by atoms with Gasteiger partial charge in [-0.3, -0.25) is 9.78 Å². The minimum atomic E-state index is -0.628. The van der Waals surface area contributed by atoms with E-state index in [4.69, 9.17) is 17.0 Å². The van der Waals surface area contributed by atoms with Gasteiger partial charge >= 0.3 is 0 Å². The van der Waals surface area contributed by atoms with E-state index in [2.05, 4.69) is 20.6 Å². The average Bonchev–Trinajstić information content (AvgIpc) is 3.48. The van der Waals surface area contributed by atoms with Gasteiger partial charge in [0, 0.05) is 43.5 Å². The molecule has 186 valence electrons. The van der Waals surface area contributed by atoms with Crippen molar-refractivity contribution in [2.45, 2.75) is 6.42 Å². The van der Waals surface area contributed by atoms with E-state index in [0.29, 0.717) is 11.4 Å². The van der Waals surface area contributed by atoms with E-state index in [1.807, 2.05) is 23.9 Å². The fourth-order valence-corrected chi connectivity index (χ4v) is 4.97. The van der Waals surface area contributed by atoms with Gasteiger partial charge in [-0.05, 0) is 42.0 Å². The van der Waals surface area contributed by atoms with Gasteiger partial charge < -0.3 is 19.9 Å². The predicted molar refractivity (Wildman–Crippen MR) is 143 cm³/mol. The number of amides is 1. The largest absolute Gasteiger partial charge is 0.453 e. The topological polar surface area (TPSA) is 81.1 Å². The van der Waals surface area contributed by atoms with Crippen LogP contribution in [0, 0.1) is 11.6 Å². The van der Waals surface area contributed by atoms with Crippen LogP contribution in [-0.2, 0) is 18.3 Å². The van der Waals surface area contributed by atoms with Crippen molar-refractivity contribution >= 4 is 50.5 Å². The van der Waals surface area contributed by atoms with Crippen LogP contribution in [0.3, 0.4) is 0 Å². The second-order valence-electron chi connectivity index (χ2n) is 8.01. The highest BCUT2D eigenvalue weighted by Gasteiger charge is 2.15. The van der Waals surface area contributed by atoms with Crippen molar-refractivity contribution in [3.63, 3.8) is 0 Å².